The Hall–Kier alpha value is -1.82. The predicted octanol–water partition coefficient (Wildman–Crippen LogP) is 5.03. The molecule has 3 aliphatic rings. The largest absolute Gasteiger partial charge is 0.0955 e. The minimum atomic E-state index is 0.562. The van der Waals surface area contributed by atoms with E-state index in [2.05, 4.69) is 50.8 Å². The SMILES string of the molecule is C=C1C=C(C)c2c(ccc3c2C2=CCC=C2C3C)C1. The standard InChI is InChI=1S/C19H18/c1-11-9-12(2)18-14(10-11)7-8-16-13(3)15-5-4-6-17(15)19(16)18/h5-9,13H,1,4,10H2,2-3H3. The summed E-state index contributed by atoms with van der Waals surface area (Å²) in [4.78, 5) is 0. The van der Waals surface area contributed by atoms with Gasteiger partial charge in [0.25, 0.3) is 0 Å². The highest BCUT2D eigenvalue weighted by Crippen LogP contribution is 2.52. The molecule has 19 heavy (non-hydrogen) atoms. The fourth-order valence-corrected chi connectivity index (χ4v) is 3.94. The Morgan fingerprint density at radius 2 is 2.00 bits per heavy atom. The summed E-state index contributed by atoms with van der Waals surface area (Å²) in [5.74, 6) is 0.562. The zero-order chi connectivity index (χ0) is 13.1. The third-order valence-electron chi connectivity index (χ3n) is 4.73. The van der Waals surface area contributed by atoms with E-state index >= 15 is 0 Å². The first-order chi connectivity index (χ1) is 9.16. The van der Waals surface area contributed by atoms with Crippen molar-refractivity contribution in [1.29, 1.82) is 0 Å². The minimum Gasteiger partial charge on any atom is -0.0955 e. The monoisotopic (exact) mass is 246 g/mol. The van der Waals surface area contributed by atoms with Gasteiger partial charge in [0, 0.05) is 5.92 Å². The maximum atomic E-state index is 4.14. The summed E-state index contributed by atoms with van der Waals surface area (Å²) in [7, 11) is 0. The van der Waals surface area contributed by atoms with Crippen molar-refractivity contribution in [2.45, 2.75) is 32.6 Å². The lowest BCUT2D eigenvalue weighted by molar-refractivity contribution is 0.952. The average Bonchev–Trinajstić information content (AvgIpc) is 2.93. The van der Waals surface area contributed by atoms with E-state index in [0.29, 0.717) is 5.92 Å². The molecule has 0 N–H and O–H groups in total. The second-order valence-corrected chi connectivity index (χ2v) is 5.96. The van der Waals surface area contributed by atoms with Crippen LogP contribution < -0.4 is 0 Å². The molecular weight excluding hydrogens is 228 g/mol. The summed E-state index contributed by atoms with van der Waals surface area (Å²) < 4.78 is 0. The molecule has 0 saturated heterocycles. The van der Waals surface area contributed by atoms with E-state index in [-0.39, 0.29) is 0 Å². The van der Waals surface area contributed by atoms with E-state index < -0.39 is 0 Å². The minimum absolute atomic E-state index is 0.562. The number of hydrogen-bond acceptors (Lipinski definition) is 0. The summed E-state index contributed by atoms with van der Waals surface area (Å²) in [6.07, 6.45) is 9.15. The van der Waals surface area contributed by atoms with Crippen molar-refractivity contribution in [3.63, 3.8) is 0 Å². The average molecular weight is 246 g/mol. The van der Waals surface area contributed by atoms with Crippen molar-refractivity contribution in [1.82, 2.24) is 0 Å². The highest BCUT2D eigenvalue weighted by molar-refractivity contribution is 5.96. The third kappa shape index (κ3) is 1.35. The Balaban J connectivity index is 2.06. The summed E-state index contributed by atoms with van der Waals surface area (Å²) in [5.41, 5.74) is 11.6. The molecule has 0 bridgehead atoms. The van der Waals surface area contributed by atoms with Crippen molar-refractivity contribution >= 4 is 11.1 Å². The van der Waals surface area contributed by atoms with E-state index in [9.17, 15) is 0 Å². The lowest BCUT2D eigenvalue weighted by Gasteiger charge is -2.21. The fraction of sp³-hybridized carbons (Fsp3) is 0.263. The van der Waals surface area contributed by atoms with Gasteiger partial charge in [-0.3, -0.25) is 0 Å². The van der Waals surface area contributed by atoms with Gasteiger partial charge in [0.15, 0.2) is 0 Å². The van der Waals surface area contributed by atoms with Gasteiger partial charge in [-0.1, -0.05) is 49.4 Å². The number of allylic oxidation sites excluding steroid dienone is 7. The van der Waals surface area contributed by atoms with Crippen LogP contribution in [0.15, 0.2) is 48.1 Å². The molecule has 0 aliphatic heterocycles. The topological polar surface area (TPSA) is 0 Å². The van der Waals surface area contributed by atoms with E-state index in [4.69, 9.17) is 0 Å². The number of rotatable bonds is 0. The summed E-state index contributed by atoms with van der Waals surface area (Å²) in [6.45, 7) is 8.70. The Labute approximate surface area is 114 Å². The van der Waals surface area contributed by atoms with Crippen LogP contribution in [0.5, 0.6) is 0 Å². The van der Waals surface area contributed by atoms with Gasteiger partial charge in [0.05, 0.1) is 0 Å². The van der Waals surface area contributed by atoms with Gasteiger partial charge < -0.3 is 0 Å². The van der Waals surface area contributed by atoms with E-state index in [1.807, 2.05) is 0 Å². The zero-order valence-electron chi connectivity index (χ0n) is 11.6. The molecule has 0 aromatic heterocycles. The Kier molecular flexibility index (Phi) is 2.09. The van der Waals surface area contributed by atoms with Crippen LogP contribution in [0.4, 0.5) is 0 Å². The van der Waals surface area contributed by atoms with Gasteiger partial charge in [-0.05, 0) is 58.7 Å². The fourth-order valence-electron chi connectivity index (χ4n) is 3.94. The first-order valence-corrected chi connectivity index (χ1v) is 7.10. The molecule has 1 atom stereocenters. The predicted molar refractivity (Wildman–Crippen MR) is 82.0 cm³/mol. The molecule has 0 heterocycles. The maximum absolute atomic E-state index is 4.14. The zero-order valence-corrected chi connectivity index (χ0v) is 11.6. The first-order valence-electron chi connectivity index (χ1n) is 7.10. The van der Waals surface area contributed by atoms with Crippen LogP contribution in [0.2, 0.25) is 0 Å². The lowest BCUT2D eigenvalue weighted by atomic mass is 9.83. The highest BCUT2D eigenvalue weighted by Gasteiger charge is 2.33. The van der Waals surface area contributed by atoms with Gasteiger partial charge >= 0.3 is 0 Å². The number of benzene rings is 1. The quantitative estimate of drug-likeness (QED) is 0.602. The molecule has 0 amide bonds. The molecule has 0 fully saturated rings. The van der Waals surface area contributed by atoms with Gasteiger partial charge in [0.1, 0.15) is 0 Å². The molecule has 0 heteroatoms. The van der Waals surface area contributed by atoms with Crippen molar-refractivity contribution in [3.05, 3.63) is 70.3 Å². The number of fused-ring (bicyclic) bond motifs is 5. The van der Waals surface area contributed by atoms with Gasteiger partial charge in [-0.25, -0.2) is 0 Å². The van der Waals surface area contributed by atoms with Crippen LogP contribution in [0.3, 0.4) is 0 Å². The Bertz CT molecular complexity index is 708. The van der Waals surface area contributed by atoms with Crippen molar-refractivity contribution in [2.24, 2.45) is 0 Å². The summed E-state index contributed by atoms with van der Waals surface area (Å²) in [6, 6.07) is 4.65. The third-order valence-corrected chi connectivity index (χ3v) is 4.73. The smallest absolute Gasteiger partial charge is 0.00703 e. The molecule has 3 aliphatic carbocycles. The van der Waals surface area contributed by atoms with Gasteiger partial charge in [-0.15, -0.1) is 0 Å². The molecule has 94 valence electrons. The van der Waals surface area contributed by atoms with Crippen LogP contribution in [0.1, 0.15) is 48.4 Å². The molecule has 4 rings (SSSR count). The van der Waals surface area contributed by atoms with Crippen molar-refractivity contribution in [2.75, 3.05) is 0 Å². The van der Waals surface area contributed by atoms with Gasteiger partial charge in [0.2, 0.25) is 0 Å². The van der Waals surface area contributed by atoms with Crippen LogP contribution >= 0.6 is 0 Å². The van der Waals surface area contributed by atoms with E-state index in [1.54, 1.807) is 5.57 Å². The molecule has 0 spiro atoms. The maximum Gasteiger partial charge on any atom is 0.00703 e. The molecule has 1 aromatic carbocycles. The summed E-state index contributed by atoms with van der Waals surface area (Å²) in [5, 5.41) is 0. The molecule has 1 aromatic rings. The second-order valence-electron chi connectivity index (χ2n) is 5.96. The molecule has 1 unspecified atom stereocenters. The van der Waals surface area contributed by atoms with Crippen LogP contribution in [0, 0.1) is 0 Å². The molecule has 0 radical (unpaired) electrons. The first kappa shape index (κ1) is 11.0. The van der Waals surface area contributed by atoms with Crippen molar-refractivity contribution < 1.29 is 0 Å². The Morgan fingerprint density at radius 1 is 1.16 bits per heavy atom. The van der Waals surface area contributed by atoms with Crippen LogP contribution in [0.25, 0.3) is 11.1 Å². The second kappa shape index (κ2) is 3.60. The number of hydrogen-bond donors (Lipinski definition) is 0. The molecule has 0 saturated carbocycles. The van der Waals surface area contributed by atoms with Crippen LogP contribution in [-0.2, 0) is 6.42 Å². The molecule has 0 nitrogen and oxygen atoms in total. The van der Waals surface area contributed by atoms with E-state index in [1.165, 1.54) is 39.0 Å². The van der Waals surface area contributed by atoms with Crippen LogP contribution in [-0.4, -0.2) is 0 Å². The summed E-state index contributed by atoms with van der Waals surface area (Å²) >= 11 is 0. The Morgan fingerprint density at radius 3 is 2.84 bits per heavy atom. The highest BCUT2D eigenvalue weighted by atomic mass is 14.4. The van der Waals surface area contributed by atoms with Gasteiger partial charge in [-0.2, -0.15) is 0 Å². The lowest BCUT2D eigenvalue weighted by Crippen LogP contribution is -2.04. The van der Waals surface area contributed by atoms with E-state index in [0.717, 1.165) is 12.8 Å². The van der Waals surface area contributed by atoms with Crippen molar-refractivity contribution in [3.8, 4) is 0 Å². The molecular formula is C19H18. The normalized spacial score (nSPS) is 23.4.